The second-order valence-electron chi connectivity index (χ2n) is 4.74. The van der Waals surface area contributed by atoms with Gasteiger partial charge in [0.15, 0.2) is 11.5 Å². The van der Waals surface area contributed by atoms with Gasteiger partial charge in [-0.15, -0.1) is 0 Å². The van der Waals surface area contributed by atoms with E-state index >= 15 is 0 Å². The van der Waals surface area contributed by atoms with Gasteiger partial charge in [0.1, 0.15) is 12.1 Å². The minimum atomic E-state index is 0.145. The van der Waals surface area contributed by atoms with Crippen molar-refractivity contribution in [3.05, 3.63) is 39.5 Å². The fraction of sp³-hybridized carbons (Fsp3) is 0.125. The first kappa shape index (κ1) is 16.0. The van der Waals surface area contributed by atoms with Crippen LogP contribution in [0.5, 0.6) is 17.2 Å². The summed E-state index contributed by atoms with van der Waals surface area (Å²) in [5.41, 5.74) is 2.31. The minimum absolute atomic E-state index is 0.145. The van der Waals surface area contributed by atoms with E-state index in [0.717, 1.165) is 22.2 Å². The highest BCUT2D eigenvalue weighted by molar-refractivity contribution is 9.11. The molecule has 118 valence electrons. The molecular formula is C16H12Br2N2O3. The van der Waals surface area contributed by atoms with Gasteiger partial charge in [0.2, 0.25) is 0 Å². The summed E-state index contributed by atoms with van der Waals surface area (Å²) in [4.78, 5) is 8.68. The Morgan fingerprint density at radius 2 is 1.52 bits per heavy atom. The van der Waals surface area contributed by atoms with Crippen molar-refractivity contribution in [2.75, 3.05) is 14.2 Å². The van der Waals surface area contributed by atoms with Gasteiger partial charge in [0.25, 0.3) is 0 Å². The molecule has 5 nitrogen and oxygen atoms in total. The number of rotatable bonds is 3. The van der Waals surface area contributed by atoms with E-state index in [9.17, 15) is 5.11 Å². The molecule has 3 aromatic rings. The molecule has 0 saturated carbocycles. The molecule has 0 spiro atoms. The third-order valence-corrected chi connectivity index (χ3v) is 4.64. The molecular weight excluding hydrogens is 428 g/mol. The number of benzene rings is 2. The Labute approximate surface area is 149 Å². The van der Waals surface area contributed by atoms with Crippen molar-refractivity contribution in [2.24, 2.45) is 0 Å². The molecule has 0 unspecified atom stereocenters. The van der Waals surface area contributed by atoms with Crippen molar-refractivity contribution in [2.45, 2.75) is 0 Å². The lowest BCUT2D eigenvalue weighted by Gasteiger charge is -2.12. The van der Waals surface area contributed by atoms with Crippen LogP contribution in [0.25, 0.3) is 22.2 Å². The Hall–Kier alpha value is -1.86. The van der Waals surface area contributed by atoms with Crippen molar-refractivity contribution < 1.29 is 14.6 Å². The van der Waals surface area contributed by atoms with Crippen LogP contribution >= 0.6 is 31.9 Å². The maximum atomic E-state index is 9.88. The summed E-state index contributed by atoms with van der Waals surface area (Å²) in [6.07, 6.45) is 1.50. The predicted molar refractivity (Wildman–Crippen MR) is 95.1 cm³/mol. The van der Waals surface area contributed by atoms with E-state index in [2.05, 4.69) is 41.8 Å². The number of phenolic OH excluding ortho intramolecular Hbond substituents is 1. The summed E-state index contributed by atoms with van der Waals surface area (Å²) in [5.74, 6) is 1.36. The second-order valence-corrected chi connectivity index (χ2v) is 6.44. The number of nitrogens with zero attached hydrogens (tertiary/aromatic N) is 2. The highest BCUT2D eigenvalue weighted by atomic mass is 79.9. The fourth-order valence-corrected chi connectivity index (χ4v) is 3.50. The van der Waals surface area contributed by atoms with Gasteiger partial charge in [-0.3, -0.25) is 0 Å². The molecule has 1 aromatic heterocycles. The Bertz CT molecular complexity index is 877. The average Bonchev–Trinajstić information content (AvgIpc) is 2.57. The van der Waals surface area contributed by atoms with Crippen molar-refractivity contribution in [1.29, 1.82) is 0 Å². The molecule has 1 N–H and O–H groups in total. The fourth-order valence-electron chi connectivity index (χ4n) is 2.32. The molecule has 0 atom stereocenters. The lowest BCUT2D eigenvalue weighted by Crippen LogP contribution is -1.94. The number of halogens is 2. The van der Waals surface area contributed by atoms with Crippen LogP contribution in [0.1, 0.15) is 0 Å². The summed E-state index contributed by atoms with van der Waals surface area (Å²) in [6.45, 7) is 0. The number of aromatic nitrogens is 2. The molecule has 0 aliphatic heterocycles. The number of aromatic hydroxyl groups is 1. The van der Waals surface area contributed by atoms with E-state index in [0.29, 0.717) is 20.4 Å². The van der Waals surface area contributed by atoms with E-state index in [-0.39, 0.29) is 5.75 Å². The Morgan fingerprint density at radius 1 is 0.913 bits per heavy atom. The Kier molecular flexibility index (Phi) is 4.41. The van der Waals surface area contributed by atoms with Gasteiger partial charge in [0.05, 0.1) is 34.4 Å². The molecule has 0 bridgehead atoms. The average molecular weight is 440 g/mol. The van der Waals surface area contributed by atoms with Crippen LogP contribution in [-0.4, -0.2) is 29.3 Å². The zero-order chi connectivity index (χ0) is 16.6. The standard InChI is InChI=1S/C16H12Br2N2O3/c1-22-13-5-9-12(6-14(13)23-2)19-7-20-15(9)8-3-10(17)16(21)11(18)4-8/h3-7,21H,1-2H3. The quantitative estimate of drug-likeness (QED) is 0.648. The van der Waals surface area contributed by atoms with Gasteiger partial charge in [-0.2, -0.15) is 0 Å². The topological polar surface area (TPSA) is 64.5 Å². The Balaban J connectivity index is 2.30. The number of hydrogen-bond donors (Lipinski definition) is 1. The lowest BCUT2D eigenvalue weighted by molar-refractivity contribution is 0.356. The third-order valence-electron chi connectivity index (χ3n) is 3.43. The summed E-state index contributed by atoms with van der Waals surface area (Å²) >= 11 is 6.68. The number of ether oxygens (including phenoxy) is 2. The van der Waals surface area contributed by atoms with Gasteiger partial charge in [-0.05, 0) is 50.1 Å². The number of hydrogen-bond acceptors (Lipinski definition) is 5. The molecule has 7 heteroatoms. The molecule has 0 aliphatic carbocycles. The highest BCUT2D eigenvalue weighted by Gasteiger charge is 2.14. The molecule has 0 fully saturated rings. The van der Waals surface area contributed by atoms with E-state index in [1.54, 1.807) is 26.4 Å². The van der Waals surface area contributed by atoms with Crippen molar-refractivity contribution in [1.82, 2.24) is 9.97 Å². The minimum Gasteiger partial charge on any atom is -0.506 e. The predicted octanol–water partition coefficient (Wildman–Crippen LogP) is 4.54. The summed E-state index contributed by atoms with van der Waals surface area (Å²) < 4.78 is 11.8. The molecule has 0 radical (unpaired) electrons. The first-order valence-electron chi connectivity index (χ1n) is 6.60. The first-order chi connectivity index (χ1) is 11.0. The van der Waals surface area contributed by atoms with Crippen LogP contribution in [-0.2, 0) is 0 Å². The molecule has 1 heterocycles. The third kappa shape index (κ3) is 2.86. The number of phenols is 1. The second kappa shape index (κ2) is 6.33. The van der Waals surface area contributed by atoms with Crippen molar-refractivity contribution in [3.8, 4) is 28.5 Å². The van der Waals surface area contributed by atoms with Gasteiger partial charge in [-0.25, -0.2) is 9.97 Å². The lowest BCUT2D eigenvalue weighted by atomic mass is 10.1. The van der Waals surface area contributed by atoms with E-state index in [1.165, 1.54) is 6.33 Å². The molecule has 2 aromatic carbocycles. The van der Waals surface area contributed by atoms with Crippen molar-refractivity contribution in [3.63, 3.8) is 0 Å². The van der Waals surface area contributed by atoms with Gasteiger partial charge >= 0.3 is 0 Å². The normalized spacial score (nSPS) is 10.8. The SMILES string of the molecule is COc1cc2ncnc(-c3cc(Br)c(O)c(Br)c3)c2cc1OC. The molecule has 0 amide bonds. The molecule has 23 heavy (non-hydrogen) atoms. The van der Waals surface area contributed by atoms with E-state index in [4.69, 9.17) is 9.47 Å². The first-order valence-corrected chi connectivity index (χ1v) is 8.19. The van der Waals surface area contributed by atoms with Crippen molar-refractivity contribution >= 4 is 42.8 Å². The maximum absolute atomic E-state index is 9.88. The van der Waals surface area contributed by atoms with Crippen LogP contribution in [0, 0.1) is 0 Å². The highest BCUT2D eigenvalue weighted by Crippen LogP contribution is 2.39. The van der Waals surface area contributed by atoms with E-state index < -0.39 is 0 Å². The maximum Gasteiger partial charge on any atom is 0.162 e. The van der Waals surface area contributed by atoms with E-state index in [1.807, 2.05) is 12.1 Å². The molecule has 3 rings (SSSR count). The van der Waals surface area contributed by atoms with Gasteiger partial charge in [-0.1, -0.05) is 0 Å². The zero-order valence-electron chi connectivity index (χ0n) is 12.3. The summed E-state index contributed by atoms with van der Waals surface area (Å²) in [6, 6.07) is 7.26. The molecule has 0 aliphatic rings. The van der Waals surface area contributed by atoms with Gasteiger partial charge < -0.3 is 14.6 Å². The Morgan fingerprint density at radius 3 is 2.13 bits per heavy atom. The summed E-state index contributed by atoms with van der Waals surface area (Å²) in [7, 11) is 3.17. The zero-order valence-corrected chi connectivity index (χ0v) is 15.5. The number of fused-ring (bicyclic) bond motifs is 1. The number of methoxy groups -OCH3 is 2. The van der Waals surface area contributed by atoms with Gasteiger partial charge in [0, 0.05) is 17.0 Å². The van der Waals surface area contributed by atoms with Crippen LogP contribution in [0.3, 0.4) is 0 Å². The summed E-state index contributed by atoms with van der Waals surface area (Å²) in [5, 5.41) is 10.7. The molecule has 0 saturated heterocycles. The van der Waals surface area contributed by atoms with Crippen LogP contribution in [0.4, 0.5) is 0 Å². The largest absolute Gasteiger partial charge is 0.506 e. The smallest absolute Gasteiger partial charge is 0.162 e. The monoisotopic (exact) mass is 438 g/mol. The van der Waals surface area contributed by atoms with Crippen LogP contribution < -0.4 is 9.47 Å². The van der Waals surface area contributed by atoms with Crippen LogP contribution in [0.15, 0.2) is 39.5 Å². The van der Waals surface area contributed by atoms with Crippen LogP contribution in [0.2, 0.25) is 0 Å².